The lowest BCUT2D eigenvalue weighted by Gasteiger charge is -2.08. The van der Waals surface area contributed by atoms with Crippen molar-refractivity contribution in [3.63, 3.8) is 0 Å². The molecular formula is C12H21BF4N2O. The summed E-state index contributed by atoms with van der Waals surface area (Å²) in [6, 6.07) is 1.94. The fourth-order valence-corrected chi connectivity index (χ4v) is 1.57. The molecule has 0 saturated carbocycles. The maximum absolute atomic E-state index is 9.95. The smallest absolute Gasteiger partial charge is 0.501 e. The summed E-state index contributed by atoms with van der Waals surface area (Å²) in [4.78, 5) is 0. The molecule has 0 aliphatic carbocycles. The summed E-state index contributed by atoms with van der Waals surface area (Å²) in [7, 11) is -6.00. The van der Waals surface area contributed by atoms with Crippen LogP contribution >= 0.6 is 0 Å². The SMILES string of the molecule is CCCNc1cc[n+](CCC)c(C)c1O.F[B-](F)(F)F. The first-order valence-corrected chi connectivity index (χ1v) is 6.53. The van der Waals surface area contributed by atoms with Crippen molar-refractivity contribution in [3.05, 3.63) is 18.0 Å². The Hall–Kier alpha value is -1.47. The molecule has 8 heteroatoms. The highest BCUT2D eigenvalue weighted by atomic mass is 19.5. The lowest BCUT2D eigenvalue weighted by molar-refractivity contribution is -0.703. The predicted molar refractivity (Wildman–Crippen MR) is 72.3 cm³/mol. The monoisotopic (exact) mass is 296 g/mol. The topological polar surface area (TPSA) is 36.1 Å². The van der Waals surface area contributed by atoms with Crippen LogP contribution in [0.5, 0.6) is 5.75 Å². The molecule has 0 spiro atoms. The summed E-state index contributed by atoms with van der Waals surface area (Å²) in [5, 5.41) is 13.2. The molecule has 116 valence electrons. The van der Waals surface area contributed by atoms with Gasteiger partial charge in [0.05, 0.1) is 5.69 Å². The molecule has 20 heavy (non-hydrogen) atoms. The van der Waals surface area contributed by atoms with Gasteiger partial charge in [0, 0.05) is 26.0 Å². The third-order valence-electron chi connectivity index (χ3n) is 2.48. The van der Waals surface area contributed by atoms with Crippen LogP contribution in [-0.2, 0) is 6.54 Å². The highest BCUT2D eigenvalue weighted by Gasteiger charge is 2.20. The number of pyridine rings is 1. The van der Waals surface area contributed by atoms with Gasteiger partial charge >= 0.3 is 7.25 Å². The molecule has 0 aliphatic heterocycles. The Labute approximate surface area is 116 Å². The van der Waals surface area contributed by atoms with Gasteiger partial charge in [-0.25, -0.2) is 0 Å². The second-order valence-corrected chi connectivity index (χ2v) is 4.28. The average molecular weight is 296 g/mol. The Morgan fingerprint density at radius 3 is 2.20 bits per heavy atom. The Morgan fingerprint density at radius 2 is 1.75 bits per heavy atom. The van der Waals surface area contributed by atoms with Gasteiger partial charge in [-0.1, -0.05) is 13.8 Å². The van der Waals surface area contributed by atoms with Crippen molar-refractivity contribution >= 4 is 12.9 Å². The van der Waals surface area contributed by atoms with Crippen LogP contribution in [-0.4, -0.2) is 18.9 Å². The summed E-state index contributed by atoms with van der Waals surface area (Å²) in [5.41, 5.74) is 1.76. The van der Waals surface area contributed by atoms with E-state index in [1.54, 1.807) is 0 Å². The third kappa shape index (κ3) is 7.86. The molecule has 0 amide bonds. The molecule has 0 fully saturated rings. The number of rotatable bonds is 5. The molecular weight excluding hydrogens is 275 g/mol. The van der Waals surface area contributed by atoms with Gasteiger partial charge in [-0.3, -0.25) is 0 Å². The van der Waals surface area contributed by atoms with Crippen molar-refractivity contribution < 1.29 is 26.9 Å². The van der Waals surface area contributed by atoms with E-state index in [0.29, 0.717) is 5.75 Å². The number of hydrogen-bond donors (Lipinski definition) is 2. The van der Waals surface area contributed by atoms with Crippen LogP contribution in [0, 0.1) is 6.92 Å². The Kier molecular flexibility index (Phi) is 8.02. The van der Waals surface area contributed by atoms with E-state index in [4.69, 9.17) is 0 Å². The molecule has 0 radical (unpaired) electrons. The zero-order valence-electron chi connectivity index (χ0n) is 12.0. The van der Waals surface area contributed by atoms with Crippen molar-refractivity contribution in [2.45, 2.75) is 40.2 Å². The molecule has 0 saturated heterocycles. The fraction of sp³-hybridized carbons (Fsp3) is 0.583. The molecule has 1 aromatic rings. The largest absolute Gasteiger partial charge is 0.673 e. The number of hydrogen-bond acceptors (Lipinski definition) is 2. The van der Waals surface area contributed by atoms with E-state index in [1.165, 1.54) is 0 Å². The number of aromatic nitrogens is 1. The molecule has 0 atom stereocenters. The van der Waals surface area contributed by atoms with Crippen molar-refractivity contribution in [3.8, 4) is 5.75 Å². The van der Waals surface area contributed by atoms with Gasteiger partial charge in [0.15, 0.2) is 6.20 Å². The van der Waals surface area contributed by atoms with Gasteiger partial charge in [-0.2, -0.15) is 4.57 Å². The minimum atomic E-state index is -6.00. The van der Waals surface area contributed by atoms with Gasteiger partial charge in [-0.15, -0.1) is 0 Å². The third-order valence-corrected chi connectivity index (χ3v) is 2.48. The number of anilines is 1. The van der Waals surface area contributed by atoms with E-state index in [1.807, 2.05) is 19.2 Å². The van der Waals surface area contributed by atoms with E-state index in [-0.39, 0.29) is 0 Å². The lowest BCUT2D eigenvalue weighted by Crippen LogP contribution is -2.36. The standard InChI is InChI=1S/C12H20N2O.BF4/c1-4-7-13-11-6-9-14(8-5-2)10(3)12(11)15;2-1(3,4)5/h6,9,15H,4-5,7-8H2,1-3H3;/q;-1/p+1. The molecule has 1 aromatic heterocycles. The molecule has 0 aliphatic rings. The van der Waals surface area contributed by atoms with Crippen molar-refractivity contribution in [1.82, 2.24) is 0 Å². The van der Waals surface area contributed by atoms with Crippen molar-refractivity contribution in [2.24, 2.45) is 0 Å². The molecule has 3 nitrogen and oxygen atoms in total. The Morgan fingerprint density at radius 1 is 1.20 bits per heavy atom. The normalized spacial score (nSPS) is 10.8. The summed E-state index contributed by atoms with van der Waals surface area (Å²) < 4.78 is 41.1. The molecule has 1 heterocycles. The summed E-state index contributed by atoms with van der Waals surface area (Å²) in [6.45, 7) is 8.03. The second kappa shape index (κ2) is 8.66. The highest BCUT2D eigenvalue weighted by Crippen LogP contribution is 2.23. The van der Waals surface area contributed by atoms with Gasteiger partial charge in [0.2, 0.25) is 11.4 Å². The number of aryl methyl sites for hydroxylation is 1. The summed E-state index contributed by atoms with van der Waals surface area (Å²) >= 11 is 0. The highest BCUT2D eigenvalue weighted by molar-refractivity contribution is 6.50. The number of aromatic hydroxyl groups is 1. The van der Waals surface area contributed by atoms with E-state index in [0.717, 1.165) is 37.3 Å². The van der Waals surface area contributed by atoms with Crippen molar-refractivity contribution in [1.29, 1.82) is 0 Å². The predicted octanol–water partition coefficient (Wildman–Crippen LogP) is 3.52. The number of halogens is 4. The Bertz CT molecular complexity index is 407. The first kappa shape index (κ1) is 18.5. The first-order valence-electron chi connectivity index (χ1n) is 6.53. The Balaban J connectivity index is 0.000000621. The maximum atomic E-state index is 9.95. The minimum absolute atomic E-state index is 0.374. The zero-order valence-corrected chi connectivity index (χ0v) is 12.0. The van der Waals surface area contributed by atoms with Gasteiger partial charge in [0.25, 0.3) is 0 Å². The lowest BCUT2D eigenvalue weighted by atomic mass is 10.2. The first-order chi connectivity index (χ1) is 9.20. The molecule has 0 aromatic carbocycles. The van der Waals surface area contributed by atoms with E-state index >= 15 is 0 Å². The van der Waals surface area contributed by atoms with Crippen LogP contribution in [0.25, 0.3) is 0 Å². The van der Waals surface area contributed by atoms with Crippen LogP contribution < -0.4 is 9.88 Å². The molecule has 1 rings (SSSR count). The van der Waals surface area contributed by atoms with Gasteiger partial charge < -0.3 is 27.7 Å². The minimum Gasteiger partial charge on any atom is -0.501 e. The molecule has 0 bridgehead atoms. The molecule has 2 N–H and O–H groups in total. The maximum Gasteiger partial charge on any atom is 0.673 e. The van der Waals surface area contributed by atoms with Crippen LogP contribution in [0.4, 0.5) is 23.0 Å². The van der Waals surface area contributed by atoms with Crippen LogP contribution in [0.15, 0.2) is 12.3 Å². The van der Waals surface area contributed by atoms with Crippen LogP contribution in [0.1, 0.15) is 32.4 Å². The zero-order chi connectivity index (χ0) is 15.8. The number of nitrogens with zero attached hydrogens (tertiary/aromatic N) is 1. The fourth-order valence-electron chi connectivity index (χ4n) is 1.57. The van der Waals surface area contributed by atoms with E-state index in [2.05, 4.69) is 23.7 Å². The molecule has 0 unspecified atom stereocenters. The van der Waals surface area contributed by atoms with Crippen molar-refractivity contribution in [2.75, 3.05) is 11.9 Å². The van der Waals surface area contributed by atoms with E-state index in [9.17, 15) is 22.4 Å². The quantitative estimate of drug-likeness (QED) is 0.495. The van der Waals surface area contributed by atoms with E-state index < -0.39 is 7.25 Å². The van der Waals surface area contributed by atoms with Gasteiger partial charge in [0.1, 0.15) is 6.54 Å². The van der Waals surface area contributed by atoms with Crippen LogP contribution in [0.3, 0.4) is 0 Å². The average Bonchev–Trinajstić information content (AvgIpc) is 2.32. The van der Waals surface area contributed by atoms with Gasteiger partial charge in [-0.05, 0) is 6.42 Å². The number of nitrogens with one attached hydrogen (secondary N) is 1. The summed E-state index contributed by atoms with van der Waals surface area (Å²) in [5.74, 6) is 0.374. The second-order valence-electron chi connectivity index (χ2n) is 4.28. The summed E-state index contributed by atoms with van der Waals surface area (Å²) in [6.07, 6.45) is 4.16. The van der Waals surface area contributed by atoms with Crippen LogP contribution in [0.2, 0.25) is 0 Å².